The number of aromatic nitrogens is 4. The summed E-state index contributed by atoms with van der Waals surface area (Å²) in [6, 6.07) is 7.91. The number of nitrogens with zero attached hydrogens (tertiary/aromatic N) is 4. The van der Waals surface area contributed by atoms with Crippen molar-refractivity contribution < 1.29 is 9.84 Å². The molecule has 2 aliphatic rings. The second-order valence-corrected chi connectivity index (χ2v) is 9.04. The van der Waals surface area contributed by atoms with Crippen LogP contribution in [0.4, 0.5) is 0 Å². The number of nitrogens with one attached hydrogen (secondary N) is 1. The van der Waals surface area contributed by atoms with E-state index in [1.54, 1.807) is 10.7 Å². The number of hydrogen-bond donors (Lipinski definition) is 2. The molecule has 7 nitrogen and oxygen atoms in total. The van der Waals surface area contributed by atoms with Crippen molar-refractivity contribution in [1.82, 2.24) is 25.3 Å². The van der Waals surface area contributed by atoms with E-state index >= 15 is 0 Å². The molecule has 2 aromatic heterocycles. The van der Waals surface area contributed by atoms with Gasteiger partial charge in [0.15, 0.2) is 5.01 Å². The summed E-state index contributed by atoms with van der Waals surface area (Å²) in [4.78, 5) is 0. The van der Waals surface area contributed by atoms with E-state index in [-0.39, 0.29) is 17.4 Å². The number of fused-ring (bicyclic) bond motifs is 2. The minimum atomic E-state index is 0.153. The van der Waals surface area contributed by atoms with Crippen LogP contribution in [0.15, 0.2) is 30.5 Å². The summed E-state index contributed by atoms with van der Waals surface area (Å²) in [5, 5.41) is 28.2. The summed E-state index contributed by atoms with van der Waals surface area (Å²) in [5.74, 6) is 0.153. The number of piperidine rings is 1. The van der Waals surface area contributed by atoms with Gasteiger partial charge in [0.25, 0.3) is 5.19 Å². The van der Waals surface area contributed by atoms with Gasteiger partial charge in [-0.1, -0.05) is 16.4 Å². The molecule has 0 saturated carbocycles. The molecule has 2 bridgehead atoms. The third-order valence-electron chi connectivity index (χ3n) is 5.70. The van der Waals surface area contributed by atoms with E-state index in [2.05, 4.69) is 27.5 Å². The standard InChI is InChI=1S/C20H23N5O2S/c1-12-6-8-25(24-12)14-3-4-16(17(26)10-14)18-22-23-19(28-18)27-15-9-13-5-7-20(2,11-15)21-13/h3-4,6,8,10,13,15,21,26H,5,7,9,11H2,1-2H3. The number of aromatic hydroxyl groups is 1. The maximum Gasteiger partial charge on any atom is 0.294 e. The highest BCUT2D eigenvalue weighted by Gasteiger charge is 2.43. The van der Waals surface area contributed by atoms with E-state index in [1.807, 2.05) is 31.3 Å². The fourth-order valence-electron chi connectivity index (χ4n) is 4.37. The van der Waals surface area contributed by atoms with Crippen molar-refractivity contribution in [1.29, 1.82) is 0 Å². The molecule has 3 unspecified atom stereocenters. The van der Waals surface area contributed by atoms with Crippen LogP contribution in [0, 0.1) is 6.92 Å². The normalized spacial score (nSPS) is 26.5. The third kappa shape index (κ3) is 3.27. The first-order chi connectivity index (χ1) is 13.5. The fraction of sp³-hybridized carbons (Fsp3) is 0.450. The van der Waals surface area contributed by atoms with Crippen LogP contribution in [0.1, 0.15) is 38.3 Å². The molecule has 1 aromatic carbocycles. The molecular weight excluding hydrogens is 374 g/mol. The quantitative estimate of drug-likeness (QED) is 0.701. The van der Waals surface area contributed by atoms with Crippen LogP contribution in [-0.4, -0.2) is 42.8 Å². The monoisotopic (exact) mass is 397 g/mol. The van der Waals surface area contributed by atoms with Crippen molar-refractivity contribution in [3.05, 3.63) is 36.2 Å². The topological polar surface area (TPSA) is 85.1 Å². The lowest BCUT2D eigenvalue weighted by molar-refractivity contribution is 0.107. The van der Waals surface area contributed by atoms with Gasteiger partial charge in [0.1, 0.15) is 11.9 Å². The molecule has 2 N–H and O–H groups in total. The Kier molecular flexibility index (Phi) is 4.13. The highest BCUT2D eigenvalue weighted by atomic mass is 32.1. The first-order valence-electron chi connectivity index (χ1n) is 9.61. The van der Waals surface area contributed by atoms with Crippen molar-refractivity contribution in [3.8, 4) is 27.2 Å². The van der Waals surface area contributed by atoms with Gasteiger partial charge in [0.2, 0.25) is 0 Å². The third-order valence-corrected chi connectivity index (χ3v) is 6.54. The fourth-order valence-corrected chi connectivity index (χ4v) is 5.17. The Morgan fingerprint density at radius 2 is 2.21 bits per heavy atom. The van der Waals surface area contributed by atoms with Crippen LogP contribution < -0.4 is 10.1 Å². The minimum absolute atomic E-state index is 0.153. The maximum atomic E-state index is 10.5. The van der Waals surface area contributed by atoms with Crippen molar-refractivity contribution >= 4 is 11.3 Å². The lowest BCUT2D eigenvalue weighted by Crippen LogP contribution is -2.50. The first kappa shape index (κ1) is 17.6. The van der Waals surface area contributed by atoms with E-state index in [0.29, 0.717) is 21.8 Å². The van der Waals surface area contributed by atoms with Crippen molar-refractivity contribution in [2.24, 2.45) is 0 Å². The largest absolute Gasteiger partial charge is 0.507 e. The number of hydrogen-bond acceptors (Lipinski definition) is 7. The van der Waals surface area contributed by atoms with Gasteiger partial charge < -0.3 is 15.2 Å². The van der Waals surface area contributed by atoms with Gasteiger partial charge in [-0.25, -0.2) is 4.68 Å². The molecule has 2 saturated heterocycles. The zero-order chi connectivity index (χ0) is 19.3. The minimum Gasteiger partial charge on any atom is -0.507 e. The van der Waals surface area contributed by atoms with Gasteiger partial charge in [-0.2, -0.15) is 5.10 Å². The molecule has 0 radical (unpaired) electrons. The van der Waals surface area contributed by atoms with Crippen molar-refractivity contribution in [3.63, 3.8) is 0 Å². The molecule has 2 fully saturated rings. The maximum absolute atomic E-state index is 10.5. The molecule has 146 valence electrons. The van der Waals surface area contributed by atoms with Crippen LogP contribution in [0.2, 0.25) is 0 Å². The molecule has 3 atom stereocenters. The molecular formula is C20H23N5O2S. The Balaban J connectivity index is 1.33. The SMILES string of the molecule is Cc1ccn(-c2ccc(-c3nnc(OC4CC5CCC(C)(C4)N5)s3)c(O)c2)n1. The zero-order valence-corrected chi connectivity index (χ0v) is 16.7. The molecule has 8 heteroatoms. The van der Waals surface area contributed by atoms with Crippen molar-refractivity contribution in [2.75, 3.05) is 0 Å². The van der Waals surface area contributed by atoms with E-state index in [9.17, 15) is 5.11 Å². The molecule has 3 aromatic rings. The molecule has 5 rings (SSSR count). The number of benzene rings is 1. The van der Waals surface area contributed by atoms with Gasteiger partial charge in [-0.15, -0.1) is 5.10 Å². The first-order valence-corrected chi connectivity index (χ1v) is 10.4. The number of ether oxygens (including phenoxy) is 1. The van der Waals surface area contributed by atoms with Crippen LogP contribution in [-0.2, 0) is 0 Å². The summed E-state index contributed by atoms with van der Waals surface area (Å²) in [6.07, 6.45) is 6.45. The predicted molar refractivity (Wildman–Crippen MR) is 107 cm³/mol. The summed E-state index contributed by atoms with van der Waals surface area (Å²) in [6.45, 7) is 4.20. The van der Waals surface area contributed by atoms with Gasteiger partial charge >= 0.3 is 0 Å². The lowest BCUT2D eigenvalue weighted by Gasteiger charge is -2.35. The smallest absolute Gasteiger partial charge is 0.294 e. The molecule has 28 heavy (non-hydrogen) atoms. The zero-order valence-electron chi connectivity index (χ0n) is 15.9. The Morgan fingerprint density at radius 3 is 2.96 bits per heavy atom. The van der Waals surface area contributed by atoms with Gasteiger partial charge in [-0.3, -0.25) is 0 Å². The Hall–Kier alpha value is -2.45. The molecule has 2 aliphatic heterocycles. The summed E-state index contributed by atoms with van der Waals surface area (Å²) >= 11 is 1.37. The molecule has 4 heterocycles. The predicted octanol–water partition coefficient (Wildman–Crippen LogP) is 3.46. The number of aryl methyl sites for hydroxylation is 1. The number of rotatable bonds is 4. The summed E-state index contributed by atoms with van der Waals surface area (Å²) in [5.41, 5.74) is 2.56. The Labute approximate surface area is 167 Å². The average molecular weight is 398 g/mol. The lowest BCUT2D eigenvalue weighted by atomic mass is 9.91. The van der Waals surface area contributed by atoms with Crippen LogP contribution in [0.5, 0.6) is 10.9 Å². The second kappa shape index (κ2) is 6.56. The second-order valence-electron chi connectivity index (χ2n) is 8.10. The van der Waals surface area contributed by atoms with Crippen LogP contribution in [0.3, 0.4) is 0 Å². The Bertz CT molecular complexity index is 1020. The summed E-state index contributed by atoms with van der Waals surface area (Å²) in [7, 11) is 0. The van der Waals surface area contributed by atoms with Crippen molar-refractivity contribution in [2.45, 2.75) is 57.2 Å². The van der Waals surface area contributed by atoms with E-state index in [4.69, 9.17) is 4.74 Å². The van der Waals surface area contributed by atoms with Crippen LogP contribution in [0.25, 0.3) is 16.3 Å². The van der Waals surface area contributed by atoms with Gasteiger partial charge in [0.05, 0.1) is 16.9 Å². The van der Waals surface area contributed by atoms with E-state index < -0.39 is 0 Å². The van der Waals surface area contributed by atoms with Crippen LogP contribution >= 0.6 is 11.3 Å². The molecule has 0 spiro atoms. The Morgan fingerprint density at radius 1 is 1.32 bits per heavy atom. The number of phenolic OH excluding ortho intramolecular Hbond substituents is 1. The summed E-state index contributed by atoms with van der Waals surface area (Å²) < 4.78 is 7.88. The highest BCUT2D eigenvalue weighted by Crippen LogP contribution is 2.39. The average Bonchev–Trinajstić information content (AvgIpc) is 3.34. The van der Waals surface area contributed by atoms with E-state index in [0.717, 1.165) is 24.2 Å². The van der Waals surface area contributed by atoms with Gasteiger partial charge in [0, 0.05) is 30.3 Å². The molecule has 0 aliphatic carbocycles. The highest BCUT2D eigenvalue weighted by molar-refractivity contribution is 7.16. The molecule has 0 amide bonds. The number of phenols is 1. The van der Waals surface area contributed by atoms with E-state index in [1.165, 1.54) is 24.2 Å². The van der Waals surface area contributed by atoms with Gasteiger partial charge in [-0.05, 0) is 51.3 Å².